The maximum absolute atomic E-state index is 5.67. The first-order valence-corrected chi connectivity index (χ1v) is 7.52. The Morgan fingerprint density at radius 1 is 1.19 bits per heavy atom. The number of hydrogen-bond donors (Lipinski definition) is 1. The first-order valence-electron chi connectivity index (χ1n) is 7.52. The number of H-pyrrole nitrogens is 1. The zero-order chi connectivity index (χ0) is 14.1. The van der Waals surface area contributed by atoms with Crippen molar-refractivity contribution in [2.75, 3.05) is 19.8 Å². The largest absolute Gasteiger partial charge is 0.486 e. The van der Waals surface area contributed by atoms with E-state index in [9.17, 15) is 0 Å². The number of aromatic nitrogens is 2. The van der Waals surface area contributed by atoms with E-state index in [1.165, 1.54) is 24.1 Å². The van der Waals surface area contributed by atoms with E-state index in [4.69, 9.17) is 9.47 Å². The van der Waals surface area contributed by atoms with Crippen molar-refractivity contribution in [1.82, 2.24) is 15.1 Å². The summed E-state index contributed by atoms with van der Waals surface area (Å²) < 4.78 is 11.2. The third-order valence-electron chi connectivity index (χ3n) is 4.24. The molecule has 0 amide bonds. The molecule has 0 aliphatic carbocycles. The third kappa shape index (κ3) is 2.49. The summed E-state index contributed by atoms with van der Waals surface area (Å²) in [6.45, 7) is 3.33. The molecule has 3 heterocycles. The first-order chi connectivity index (χ1) is 10.4. The molecule has 1 fully saturated rings. The lowest BCUT2D eigenvalue weighted by Gasteiger charge is -2.24. The average Bonchev–Trinajstić information content (AvgIpc) is 3.18. The second kappa shape index (κ2) is 5.41. The Bertz CT molecular complexity index is 612. The van der Waals surface area contributed by atoms with Gasteiger partial charge in [0.2, 0.25) is 0 Å². The highest BCUT2D eigenvalue weighted by Crippen LogP contribution is 2.35. The van der Waals surface area contributed by atoms with Gasteiger partial charge in [0.25, 0.3) is 0 Å². The molecule has 2 aromatic rings. The molecule has 0 spiro atoms. The maximum Gasteiger partial charge on any atom is 0.161 e. The van der Waals surface area contributed by atoms with Gasteiger partial charge in [-0.1, -0.05) is 6.07 Å². The summed E-state index contributed by atoms with van der Waals surface area (Å²) in [5, 5.41) is 7.19. The molecule has 2 aliphatic rings. The van der Waals surface area contributed by atoms with E-state index in [1.807, 2.05) is 12.3 Å². The normalized spacial score (nSPS) is 21.6. The van der Waals surface area contributed by atoms with E-state index in [1.54, 1.807) is 0 Å². The van der Waals surface area contributed by atoms with Gasteiger partial charge in [0.1, 0.15) is 13.2 Å². The Hall–Kier alpha value is -2.01. The van der Waals surface area contributed by atoms with Gasteiger partial charge in [-0.05, 0) is 43.1 Å². The van der Waals surface area contributed by atoms with Crippen molar-refractivity contribution in [3.05, 3.63) is 41.7 Å². The highest BCUT2D eigenvalue weighted by atomic mass is 16.6. The summed E-state index contributed by atoms with van der Waals surface area (Å²) in [6, 6.07) is 8.78. The summed E-state index contributed by atoms with van der Waals surface area (Å²) in [6.07, 6.45) is 4.25. The number of nitrogens with zero attached hydrogens (tertiary/aromatic N) is 2. The van der Waals surface area contributed by atoms with Crippen molar-refractivity contribution >= 4 is 0 Å². The molecule has 0 radical (unpaired) electrons. The lowest BCUT2D eigenvalue weighted by atomic mass is 10.1. The lowest BCUT2D eigenvalue weighted by Crippen LogP contribution is -2.23. The van der Waals surface area contributed by atoms with Crippen LogP contribution in [0.25, 0.3) is 0 Å². The van der Waals surface area contributed by atoms with Crippen LogP contribution in [-0.4, -0.2) is 34.9 Å². The number of rotatable bonds is 3. The fourth-order valence-corrected chi connectivity index (χ4v) is 3.24. The Labute approximate surface area is 123 Å². The van der Waals surface area contributed by atoms with Gasteiger partial charge in [0.15, 0.2) is 11.5 Å². The van der Waals surface area contributed by atoms with Crippen molar-refractivity contribution in [1.29, 1.82) is 0 Å². The highest BCUT2D eigenvalue weighted by molar-refractivity contribution is 5.43. The average molecular weight is 285 g/mol. The molecule has 2 aliphatic heterocycles. The fraction of sp³-hybridized carbons (Fsp3) is 0.438. The molecule has 21 heavy (non-hydrogen) atoms. The van der Waals surface area contributed by atoms with Crippen LogP contribution < -0.4 is 9.47 Å². The van der Waals surface area contributed by atoms with Crippen molar-refractivity contribution < 1.29 is 9.47 Å². The molecule has 1 N–H and O–H groups in total. The van der Waals surface area contributed by atoms with Crippen molar-refractivity contribution in [3.8, 4) is 11.5 Å². The number of nitrogens with one attached hydrogen (secondary N) is 1. The predicted molar refractivity (Wildman–Crippen MR) is 78.4 cm³/mol. The second-order valence-electron chi connectivity index (χ2n) is 5.62. The van der Waals surface area contributed by atoms with E-state index >= 15 is 0 Å². The maximum atomic E-state index is 5.67. The third-order valence-corrected chi connectivity index (χ3v) is 4.24. The van der Waals surface area contributed by atoms with E-state index in [0.717, 1.165) is 24.6 Å². The molecular weight excluding hydrogens is 266 g/mol. The molecule has 5 nitrogen and oxygen atoms in total. The van der Waals surface area contributed by atoms with Gasteiger partial charge in [-0.2, -0.15) is 5.10 Å². The summed E-state index contributed by atoms with van der Waals surface area (Å²) in [5.41, 5.74) is 2.48. The lowest BCUT2D eigenvalue weighted by molar-refractivity contribution is 0.171. The molecule has 0 bridgehead atoms. The van der Waals surface area contributed by atoms with E-state index in [2.05, 4.69) is 33.3 Å². The number of aromatic amines is 1. The van der Waals surface area contributed by atoms with Crippen LogP contribution in [0.2, 0.25) is 0 Å². The number of ether oxygens (including phenoxy) is 2. The van der Waals surface area contributed by atoms with Crippen LogP contribution >= 0.6 is 0 Å². The molecule has 0 saturated carbocycles. The van der Waals surface area contributed by atoms with E-state index < -0.39 is 0 Å². The Kier molecular flexibility index (Phi) is 3.27. The molecule has 1 aromatic heterocycles. The minimum absolute atomic E-state index is 0.445. The van der Waals surface area contributed by atoms with Crippen molar-refractivity contribution in [2.24, 2.45) is 0 Å². The number of likely N-dealkylation sites (tertiary alicyclic amines) is 1. The van der Waals surface area contributed by atoms with Crippen LogP contribution in [0.3, 0.4) is 0 Å². The molecule has 110 valence electrons. The zero-order valence-electron chi connectivity index (χ0n) is 11.9. The molecule has 1 aromatic carbocycles. The van der Waals surface area contributed by atoms with Gasteiger partial charge in [-0.25, -0.2) is 0 Å². The highest BCUT2D eigenvalue weighted by Gasteiger charge is 2.27. The minimum Gasteiger partial charge on any atom is -0.486 e. The monoisotopic (exact) mass is 285 g/mol. The second-order valence-corrected chi connectivity index (χ2v) is 5.62. The zero-order valence-corrected chi connectivity index (χ0v) is 11.9. The molecular formula is C16H19N3O2. The van der Waals surface area contributed by atoms with Crippen LogP contribution in [0.5, 0.6) is 11.5 Å². The topological polar surface area (TPSA) is 50.4 Å². The number of fused-ring (bicyclic) bond motifs is 1. The molecule has 1 atom stereocenters. The van der Waals surface area contributed by atoms with Gasteiger partial charge in [-0.3, -0.25) is 10.00 Å². The fourth-order valence-electron chi connectivity index (χ4n) is 3.24. The molecule has 5 heteroatoms. The van der Waals surface area contributed by atoms with Gasteiger partial charge >= 0.3 is 0 Å². The summed E-state index contributed by atoms with van der Waals surface area (Å²) in [4.78, 5) is 2.50. The smallest absolute Gasteiger partial charge is 0.161 e. The minimum atomic E-state index is 0.445. The van der Waals surface area contributed by atoms with Gasteiger partial charge in [-0.15, -0.1) is 0 Å². The molecule has 1 unspecified atom stereocenters. The Balaban J connectivity index is 1.52. The van der Waals surface area contributed by atoms with Gasteiger partial charge < -0.3 is 9.47 Å². The summed E-state index contributed by atoms with van der Waals surface area (Å²) in [7, 11) is 0. The van der Waals surface area contributed by atoms with E-state index in [-0.39, 0.29) is 0 Å². The SMILES string of the molecule is c1cc(C2CCCN2Cc2ccc3c(c2)OCCO3)[nH]n1. The standard InChI is InChI=1S/C16H19N3O2/c1-2-14(13-5-6-17-18-13)19(7-1)11-12-3-4-15-16(10-12)21-9-8-20-15/h3-6,10,14H,1-2,7-9,11H2,(H,17,18). The Morgan fingerprint density at radius 3 is 2.95 bits per heavy atom. The predicted octanol–water partition coefficient (Wildman–Crippen LogP) is 2.52. The van der Waals surface area contributed by atoms with Crippen LogP contribution in [0.1, 0.15) is 30.1 Å². The summed E-state index contributed by atoms with van der Waals surface area (Å²) >= 11 is 0. The van der Waals surface area contributed by atoms with Gasteiger partial charge in [0, 0.05) is 12.7 Å². The molecule has 1 saturated heterocycles. The van der Waals surface area contributed by atoms with Crippen LogP contribution in [0.4, 0.5) is 0 Å². The van der Waals surface area contributed by atoms with Crippen molar-refractivity contribution in [3.63, 3.8) is 0 Å². The molecule has 4 rings (SSSR count). The van der Waals surface area contributed by atoms with E-state index in [0.29, 0.717) is 19.3 Å². The van der Waals surface area contributed by atoms with Crippen LogP contribution in [-0.2, 0) is 6.54 Å². The van der Waals surface area contributed by atoms with Crippen molar-refractivity contribution in [2.45, 2.75) is 25.4 Å². The quantitative estimate of drug-likeness (QED) is 0.941. The Morgan fingerprint density at radius 2 is 2.10 bits per heavy atom. The van der Waals surface area contributed by atoms with Crippen LogP contribution in [0, 0.1) is 0 Å². The van der Waals surface area contributed by atoms with Crippen LogP contribution in [0.15, 0.2) is 30.5 Å². The number of benzene rings is 1. The first kappa shape index (κ1) is 12.7. The summed E-state index contributed by atoms with van der Waals surface area (Å²) in [5.74, 6) is 1.73. The van der Waals surface area contributed by atoms with Gasteiger partial charge in [0.05, 0.1) is 11.7 Å². The number of hydrogen-bond acceptors (Lipinski definition) is 4.